The maximum absolute atomic E-state index is 13.0. The molecule has 0 aliphatic heterocycles. The van der Waals surface area contributed by atoms with Crippen molar-refractivity contribution in [2.75, 3.05) is 19.8 Å². The third-order valence-corrected chi connectivity index (χ3v) is 6.69. The van der Waals surface area contributed by atoms with Crippen LogP contribution in [-0.4, -0.2) is 55.0 Å². The Morgan fingerprint density at radius 2 is 2.03 bits per heavy atom. The quantitative estimate of drug-likeness (QED) is 0.468. The fourth-order valence-corrected chi connectivity index (χ4v) is 5.13. The van der Waals surface area contributed by atoms with Crippen LogP contribution in [-0.2, 0) is 6.54 Å². The lowest BCUT2D eigenvalue weighted by atomic mass is 9.94. The largest absolute Gasteiger partial charge is 0.494 e. The first-order valence-electron chi connectivity index (χ1n) is 12.4. The van der Waals surface area contributed by atoms with Crippen LogP contribution in [0.15, 0.2) is 29.1 Å². The van der Waals surface area contributed by atoms with E-state index in [0.29, 0.717) is 31.3 Å². The number of hydrogen-bond acceptors (Lipinski definition) is 7. The highest BCUT2D eigenvalue weighted by Crippen LogP contribution is 2.33. The molecule has 1 fully saturated rings. The number of rotatable bonds is 10. The molecule has 1 aromatic carbocycles. The number of H-pyrrole nitrogens is 1. The van der Waals surface area contributed by atoms with Gasteiger partial charge in [-0.3, -0.25) is 9.69 Å². The van der Waals surface area contributed by atoms with Crippen molar-refractivity contribution in [3.8, 4) is 5.75 Å². The Morgan fingerprint density at radius 3 is 2.74 bits per heavy atom. The van der Waals surface area contributed by atoms with Crippen molar-refractivity contribution >= 4 is 10.9 Å². The summed E-state index contributed by atoms with van der Waals surface area (Å²) >= 11 is 0. The minimum atomic E-state index is -0.131. The van der Waals surface area contributed by atoms with Crippen LogP contribution in [0.5, 0.6) is 5.75 Å². The number of nitrogens with one attached hydrogen (secondary N) is 1. The van der Waals surface area contributed by atoms with Gasteiger partial charge in [-0.15, -0.1) is 5.10 Å². The second-order valence-corrected chi connectivity index (χ2v) is 9.46. The summed E-state index contributed by atoms with van der Waals surface area (Å²) < 4.78 is 7.63. The number of benzene rings is 1. The number of tetrazole rings is 1. The highest BCUT2D eigenvalue weighted by atomic mass is 16.5. The first kappa shape index (κ1) is 24.3. The van der Waals surface area contributed by atoms with Crippen LogP contribution in [0, 0.1) is 5.92 Å². The lowest BCUT2D eigenvalue weighted by Crippen LogP contribution is -2.38. The van der Waals surface area contributed by atoms with Gasteiger partial charge >= 0.3 is 0 Å². The van der Waals surface area contributed by atoms with Gasteiger partial charge in [-0.25, -0.2) is 4.68 Å². The predicted octanol–water partition coefficient (Wildman–Crippen LogP) is 3.61. The van der Waals surface area contributed by atoms with Crippen LogP contribution in [0.3, 0.4) is 0 Å². The zero-order valence-electron chi connectivity index (χ0n) is 20.4. The summed E-state index contributed by atoms with van der Waals surface area (Å²) in [4.78, 5) is 18.1. The van der Waals surface area contributed by atoms with Gasteiger partial charge < -0.3 is 14.8 Å². The Morgan fingerprint density at radius 1 is 1.24 bits per heavy atom. The van der Waals surface area contributed by atoms with Crippen molar-refractivity contribution in [3.63, 3.8) is 0 Å². The predicted molar refractivity (Wildman–Crippen MR) is 131 cm³/mol. The number of fused-ring (bicyclic) bond motifs is 1. The van der Waals surface area contributed by atoms with Crippen molar-refractivity contribution in [1.29, 1.82) is 0 Å². The lowest BCUT2D eigenvalue weighted by molar-refractivity contribution is 0.103. The van der Waals surface area contributed by atoms with E-state index >= 15 is 0 Å². The molecule has 1 atom stereocenters. The van der Waals surface area contributed by atoms with Crippen LogP contribution in [0.4, 0.5) is 0 Å². The number of aromatic amines is 1. The summed E-state index contributed by atoms with van der Waals surface area (Å²) in [6, 6.07) is 7.76. The second-order valence-electron chi connectivity index (χ2n) is 9.46. The summed E-state index contributed by atoms with van der Waals surface area (Å²) in [5.74, 6) is 1.77. The number of aliphatic hydroxyl groups excluding tert-OH is 1. The van der Waals surface area contributed by atoms with E-state index in [1.54, 1.807) is 0 Å². The van der Waals surface area contributed by atoms with Crippen LogP contribution < -0.4 is 10.3 Å². The monoisotopic (exact) mass is 468 g/mol. The molecule has 9 heteroatoms. The summed E-state index contributed by atoms with van der Waals surface area (Å²) in [6.07, 6.45) is 5.79. The molecule has 9 nitrogen and oxygen atoms in total. The first-order chi connectivity index (χ1) is 16.5. The van der Waals surface area contributed by atoms with E-state index in [0.717, 1.165) is 35.3 Å². The average molecular weight is 469 g/mol. The first-order valence-corrected chi connectivity index (χ1v) is 12.4. The SMILES string of the molecule is CCOc1ccc2[nH]c(=O)c(CN(CCO)[C@@H](c3nnnn3C3CCCCC3)C(C)C)cc2c1. The minimum Gasteiger partial charge on any atom is -0.494 e. The fourth-order valence-electron chi connectivity index (χ4n) is 5.13. The van der Waals surface area contributed by atoms with E-state index < -0.39 is 0 Å². The van der Waals surface area contributed by atoms with Gasteiger partial charge in [0.2, 0.25) is 0 Å². The molecule has 3 aromatic rings. The Balaban J connectivity index is 1.68. The number of nitrogens with zero attached hydrogens (tertiary/aromatic N) is 5. The molecule has 0 unspecified atom stereocenters. The smallest absolute Gasteiger partial charge is 0.252 e. The molecule has 0 amide bonds. The third kappa shape index (κ3) is 5.31. The molecule has 2 aromatic heterocycles. The molecular weight excluding hydrogens is 432 g/mol. The van der Waals surface area contributed by atoms with Crippen LogP contribution in [0.25, 0.3) is 10.9 Å². The van der Waals surface area contributed by atoms with Gasteiger partial charge in [0.25, 0.3) is 5.56 Å². The van der Waals surface area contributed by atoms with E-state index in [-0.39, 0.29) is 24.1 Å². The fraction of sp³-hybridized carbons (Fsp3) is 0.600. The van der Waals surface area contributed by atoms with Gasteiger partial charge in [0.05, 0.1) is 25.3 Å². The molecule has 1 aliphatic rings. The number of aromatic nitrogens is 5. The maximum Gasteiger partial charge on any atom is 0.252 e. The van der Waals surface area contributed by atoms with Crippen LogP contribution >= 0.6 is 0 Å². The van der Waals surface area contributed by atoms with Gasteiger partial charge in [-0.05, 0) is 60.4 Å². The molecule has 184 valence electrons. The molecule has 0 bridgehead atoms. The molecule has 1 saturated carbocycles. The van der Waals surface area contributed by atoms with Crippen LogP contribution in [0.1, 0.15) is 76.3 Å². The molecule has 34 heavy (non-hydrogen) atoms. The van der Waals surface area contributed by atoms with Gasteiger partial charge in [-0.2, -0.15) is 0 Å². The summed E-state index contributed by atoms with van der Waals surface area (Å²) in [5.41, 5.74) is 1.28. The van der Waals surface area contributed by atoms with Gasteiger partial charge in [0.1, 0.15) is 5.75 Å². The molecule has 1 aliphatic carbocycles. The molecular formula is C25H36N6O3. The van der Waals surface area contributed by atoms with Crippen molar-refractivity contribution in [3.05, 3.63) is 46.0 Å². The van der Waals surface area contributed by atoms with Gasteiger partial charge in [-0.1, -0.05) is 33.1 Å². The molecule has 4 rings (SSSR count). The van der Waals surface area contributed by atoms with Gasteiger partial charge in [0, 0.05) is 29.6 Å². The Labute approximate surface area is 200 Å². The topological polar surface area (TPSA) is 109 Å². The number of aliphatic hydroxyl groups is 1. The number of ether oxygens (including phenoxy) is 1. The van der Waals surface area contributed by atoms with E-state index in [1.165, 1.54) is 19.3 Å². The summed E-state index contributed by atoms with van der Waals surface area (Å²) in [5, 5.41) is 23.6. The zero-order chi connectivity index (χ0) is 24.1. The lowest BCUT2D eigenvalue weighted by Gasteiger charge is -2.34. The third-order valence-electron chi connectivity index (χ3n) is 6.69. The maximum atomic E-state index is 13.0. The zero-order valence-corrected chi connectivity index (χ0v) is 20.4. The highest BCUT2D eigenvalue weighted by molar-refractivity contribution is 5.80. The summed E-state index contributed by atoms with van der Waals surface area (Å²) in [6.45, 7) is 7.57. The van der Waals surface area contributed by atoms with Crippen molar-refractivity contribution in [2.45, 2.75) is 71.5 Å². The Bertz CT molecular complexity index is 1140. The van der Waals surface area contributed by atoms with Crippen molar-refractivity contribution < 1.29 is 9.84 Å². The van der Waals surface area contributed by atoms with E-state index in [4.69, 9.17) is 4.74 Å². The Kier molecular flexibility index (Phi) is 7.95. The van der Waals surface area contributed by atoms with Crippen LogP contribution in [0.2, 0.25) is 0 Å². The standard InChI is InChI=1S/C25H36N6O3/c1-4-34-21-10-11-22-18(15-21)14-19(25(33)26-22)16-30(12-13-32)23(17(2)3)24-27-28-29-31(24)20-8-6-5-7-9-20/h10-11,14-15,17,20,23,32H,4-9,12-13,16H2,1-3H3,(H,26,33)/t23-/m1/s1. The average Bonchev–Trinajstić information content (AvgIpc) is 3.30. The number of pyridine rings is 1. The molecule has 0 spiro atoms. The molecule has 2 N–H and O–H groups in total. The van der Waals surface area contributed by atoms with E-state index in [1.807, 2.05) is 35.9 Å². The Hall–Kier alpha value is -2.78. The normalized spacial score (nSPS) is 15.9. The minimum absolute atomic E-state index is 0.0197. The molecule has 0 radical (unpaired) electrons. The van der Waals surface area contributed by atoms with Gasteiger partial charge in [0.15, 0.2) is 5.82 Å². The molecule has 0 saturated heterocycles. The number of hydrogen-bond donors (Lipinski definition) is 2. The highest BCUT2D eigenvalue weighted by Gasteiger charge is 2.32. The molecule has 2 heterocycles. The van der Waals surface area contributed by atoms with E-state index in [9.17, 15) is 9.90 Å². The van der Waals surface area contributed by atoms with Crippen molar-refractivity contribution in [1.82, 2.24) is 30.1 Å². The van der Waals surface area contributed by atoms with Crippen molar-refractivity contribution in [2.24, 2.45) is 5.92 Å². The van der Waals surface area contributed by atoms with E-state index in [2.05, 4.69) is 39.3 Å². The summed E-state index contributed by atoms with van der Waals surface area (Å²) in [7, 11) is 0. The second kappa shape index (κ2) is 11.1.